The fourth-order valence-corrected chi connectivity index (χ4v) is 2.46. The Kier molecular flexibility index (Phi) is 4.99. The molecule has 0 spiro atoms. The summed E-state index contributed by atoms with van der Waals surface area (Å²) in [6.07, 6.45) is 1.34. The van der Waals surface area contributed by atoms with Crippen LogP contribution in [0.25, 0.3) is 0 Å². The standard InChI is InChI=1S/C18H21NO2/c1-14-7-6-10-16(13-14)19(2)17(18(20)21)12-11-15-8-4-3-5-9-15/h3-10,13,17H,11-12H2,1-2H3,(H,20,21). The zero-order valence-electron chi connectivity index (χ0n) is 12.5. The zero-order valence-corrected chi connectivity index (χ0v) is 12.5. The molecule has 2 aromatic rings. The van der Waals surface area contributed by atoms with Gasteiger partial charge in [-0.3, -0.25) is 0 Å². The molecule has 0 amide bonds. The Labute approximate surface area is 125 Å². The van der Waals surface area contributed by atoms with Gasteiger partial charge in [-0.05, 0) is 43.0 Å². The van der Waals surface area contributed by atoms with Crippen LogP contribution in [0.1, 0.15) is 17.5 Å². The molecule has 0 aliphatic heterocycles. The van der Waals surface area contributed by atoms with Crippen molar-refractivity contribution in [2.75, 3.05) is 11.9 Å². The van der Waals surface area contributed by atoms with Crippen molar-refractivity contribution in [3.05, 3.63) is 65.7 Å². The van der Waals surface area contributed by atoms with Gasteiger partial charge in [0.05, 0.1) is 0 Å². The third kappa shape index (κ3) is 4.09. The van der Waals surface area contributed by atoms with Gasteiger partial charge in [-0.2, -0.15) is 0 Å². The van der Waals surface area contributed by atoms with Gasteiger partial charge >= 0.3 is 5.97 Å². The number of anilines is 1. The second-order valence-corrected chi connectivity index (χ2v) is 5.33. The fourth-order valence-electron chi connectivity index (χ4n) is 2.46. The number of carboxylic acid groups (broad SMARTS) is 1. The molecule has 2 aromatic carbocycles. The van der Waals surface area contributed by atoms with Crippen molar-refractivity contribution in [1.29, 1.82) is 0 Å². The van der Waals surface area contributed by atoms with Crippen LogP contribution in [-0.2, 0) is 11.2 Å². The third-order valence-electron chi connectivity index (χ3n) is 3.71. The van der Waals surface area contributed by atoms with Gasteiger partial charge in [0.1, 0.15) is 6.04 Å². The molecule has 0 aliphatic carbocycles. The molecule has 110 valence electrons. The third-order valence-corrected chi connectivity index (χ3v) is 3.71. The van der Waals surface area contributed by atoms with Gasteiger partial charge in [0.25, 0.3) is 0 Å². The maximum absolute atomic E-state index is 11.6. The summed E-state index contributed by atoms with van der Waals surface area (Å²) in [6.45, 7) is 2.01. The highest BCUT2D eigenvalue weighted by Crippen LogP contribution is 2.19. The number of rotatable bonds is 6. The molecule has 0 bridgehead atoms. The minimum absolute atomic E-state index is 0.521. The first-order valence-electron chi connectivity index (χ1n) is 7.14. The summed E-state index contributed by atoms with van der Waals surface area (Å²) < 4.78 is 0. The number of nitrogens with zero attached hydrogens (tertiary/aromatic N) is 1. The summed E-state index contributed by atoms with van der Waals surface area (Å²) in [5.41, 5.74) is 3.24. The Balaban J connectivity index is 2.10. The van der Waals surface area contributed by atoms with E-state index < -0.39 is 12.0 Å². The zero-order chi connectivity index (χ0) is 15.2. The predicted octanol–water partition coefficient (Wildman–Crippen LogP) is 3.52. The molecule has 1 unspecified atom stereocenters. The van der Waals surface area contributed by atoms with Gasteiger partial charge in [0.15, 0.2) is 0 Å². The SMILES string of the molecule is Cc1cccc(N(C)C(CCc2ccccc2)C(=O)O)c1. The van der Waals surface area contributed by atoms with Gasteiger partial charge in [-0.25, -0.2) is 4.79 Å². The normalized spacial score (nSPS) is 11.9. The lowest BCUT2D eigenvalue weighted by molar-refractivity contribution is -0.138. The molecule has 3 heteroatoms. The Hall–Kier alpha value is -2.29. The summed E-state index contributed by atoms with van der Waals surface area (Å²) in [5, 5.41) is 9.51. The predicted molar refractivity (Wildman–Crippen MR) is 85.8 cm³/mol. The highest BCUT2D eigenvalue weighted by molar-refractivity contribution is 5.78. The fraction of sp³-hybridized carbons (Fsp3) is 0.278. The van der Waals surface area contributed by atoms with Gasteiger partial charge < -0.3 is 10.0 Å². The summed E-state index contributed by atoms with van der Waals surface area (Å²) in [5.74, 6) is -0.782. The average molecular weight is 283 g/mol. The van der Waals surface area contributed by atoms with Gasteiger partial charge in [0.2, 0.25) is 0 Å². The van der Waals surface area contributed by atoms with E-state index in [9.17, 15) is 9.90 Å². The van der Waals surface area contributed by atoms with Crippen LogP contribution in [0.4, 0.5) is 5.69 Å². The second-order valence-electron chi connectivity index (χ2n) is 5.33. The topological polar surface area (TPSA) is 40.5 Å². The molecule has 0 aliphatic rings. The van der Waals surface area contributed by atoms with Crippen LogP contribution >= 0.6 is 0 Å². The van der Waals surface area contributed by atoms with Crippen LogP contribution < -0.4 is 4.90 Å². The molecule has 0 fully saturated rings. The lowest BCUT2D eigenvalue weighted by Crippen LogP contribution is -2.39. The van der Waals surface area contributed by atoms with E-state index in [2.05, 4.69) is 0 Å². The number of aliphatic carboxylic acids is 1. The number of benzene rings is 2. The highest BCUT2D eigenvalue weighted by Gasteiger charge is 2.22. The molecule has 0 radical (unpaired) electrons. The molecular formula is C18H21NO2. The van der Waals surface area contributed by atoms with Crippen molar-refractivity contribution in [3.8, 4) is 0 Å². The number of likely N-dealkylation sites (N-methyl/N-ethyl adjacent to an activating group) is 1. The lowest BCUT2D eigenvalue weighted by Gasteiger charge is -2.27. The molecule has 3 nitrogen and oxygen atoms in total. The molecule has 0 saturated carbocycles. The van der Waals surface area contributed by atoms with Crippen LogP contribution in [0.5, 0.6) is 0 Å². The summed E-state index contributed by atoms with van der Waals surface area (Å²) >= 11 is 0. The number of hydrogen-bond donors (Lipinski definition) is 1. The number of hydrogen-bond acceptors (Lipinski definition) is 2. The second kappa shape index (κ2) is 6.93. The van der Waals surface area contributed by atoms with Gasteiger partial charge in [0, 0.05) is 12.7 Å². The van der Waals surface area contributed by atoms with Crippen molar-refractivity contribution >= 4 is 11.7 Å². The van der Waals surface area contributed by atoms with Crippen molar-refractivity contribution in [1.82, 2.24) is 0 Å². The highest BCUT2D eigenvalue weighted by atomic mass is 16.4. The number of carboxylic acids is 1. The van der Waals surface area contributed by atoms with E-state index in [1.54, 1.807) is 0 Å². The van der Waals surface area contributed by atoms with E-state index in [0.717, 1.165) is 17.7 Å². The monoisotopic (exact) mass is 283 g/mol. The van der Waals surface area contributed by atoms with Gasteiger partial charge in [-0.1, -0.05) is 42.5 Å². The van der Waals surface area contributed by atoms with Crippen LogP contribution in [0.2, 0.25) is 0 Å². The molecule has 2 rings (SSSR count). The molecule has 0 aromatic heterocycles. The molecule has 1 atom stereocenters. The minimum Gasteiger partial charge on any atom is -0.480 e. The molecule has 0 heterocycles. The molecule has 21 heavy (non-hydrogen) atoms. The van der Waals surface area contributed by atoms with E-state index in [1.807, 2.05) is 73.5 Å². The van der Waals surface area contributed by atoms with Crippen LogP contribution in [0, 0.1) is 6.92 Å². The Morgan fingerprint density at radius 1 is 1.14 bits per heavy atom. The Morgan fingerprint density at radius 3 is 2.48 bits per heavy atom. The molecule has 1 N–H and O–H groups in total. The summed E-state index contributed by atoms with van der Waals surface area (Å²) in [4.78, 5) is 13.4. The van der Waals surface area contributed by atoms with Gasteiger partial charge in [-0.15, -0.1) is 0 Å². The van der Waals surface area contributed by atoms with Crippen molar-refractivity contribution in [2.24, 2.45) is 0 Å². The van der Waals surface area contributed by atoms with Crippen molar-refractivity contribution in [3.63, 3.8) is 0 Å². The first kappa shape index (κ1) is 15.1. The Morgan fingerprint density at radius 2 is 1.86 bits per heavy atom. The molecule has 0 saturated heterocycles. The van der Waals surface area contributed by atoms with Crippen LogP contribution in [-0.4, -0.2) is 24.2 Å². The van der Waals surface area contributed by atoms with E-state index in [-0.39, 0.29) is 0 Å². The van der Waals surface area contributed by atoms with Crippen LogP contribution in [0.3, 0.4) is 0 Å². The average Bonchev–Trinajstić information content (AvgIpc) is 2.48. The number of carbonyl (C=O) groups is 1. The van der Waals surface area contributed by atoms with Crippen LogP contribution in [0.15, 0.2) is 54.6 Å². The van der Waals surface area contributed by atoms with E-state index in [4.69, 9.17) is 0 Å². The summed E-state index contributed by atoms with van der Waals surface area (Å²) in [6, 6.07) is 17.4. The van der Waals surface area contributed by atoms with Crippen molar-refractivity contribution < 1.29 is 9.90 Å². The molecular weight excluding hydrogens is 262 g/mol. The maximum atomic E-state index is 11.6. The lowest BCUT2D eigenvalue weighted by atomic mass is 10.0. The smallest absolute Gasteiger partial charge is 0.326 e. The first-order chi connectivity index (χ1) is 10.1. The van der Waals surface area contributed by atoms with E-state index >= 15 is 0 Å². The maximum Gasteiger partial charge on any atom is 0.326 e. The quantitative estimate of drug-likeness (QED) is 0.882. The largest absolute Gasteiger partial charge is 0.480 e. The first-order valence-corrected chi connectivity index (χ1v) is 7.14. The van der Waals surface area contributed by atoms with E-state index in [1.165, 1.54) is 5.56 Å². The van der Waals surface area contributed by atoms with Crippen molar-refractivity contribution in [2.45, 2.75) is 25.8 Å². The number of aryl methyl sites for hydroxylation is 2. The Bertz CT molecular complexity index is 595. The minimum atomic E-state index is -0.782. The van der Waals surface area contributed by atoms with E-state index in [0.29, 0.717) is 6.42 Å². The summed E-state index contributed by atoms with van der Waals surface area (Å²) in [7, 11) is 1.85.